The van der Waals surface area contributed by atoms with E-state index in [0.29, 0.717) is 23.2 Å². The van der Waals surface area contributed by atoms with Crippen molar-refractivity contribution in [3.05, 3.63) is 29.3 Å². The van der Waals surface area contributed by atoms with Crippen molar-refractivity contribution in [2.24, 2.45) is 5.41 Å². The Hall–Kier alpha value is -2.78. The van der Waals surface area contributed by atoms with Crippen molar-refractivity contribution in [1.82, 2.24) is 10.2 Å². The molecule has 3 N–H and O–H groups in total. The first-order chi connectivity index (χ1) is 12.4. The number of rotatable bonds is 4. The number of carbonyl (C=O) groups is 3. The summed E-state index contributed by atoms with van der Waals surface area (Å²) in [6.07, 6.45) is -4.63. The molecular formula is C17H20F3N3O4. The first-order valence-electron chi connectivity index (χ1n) is 8.16. The van der Waals surface area contributed by atoms with Gasteiger partial charge in [0.25, 0.3) is 0 Å². The molecule has 0 radical (unpaired) electrons. The molecule has 0 spiro atoms. The lowest BCUT2D eigenvalue weighted by Gasteiger charge is -2.21. The predicted octanol–water partition coefficient (Wildman–Crippen LogP) is 2.50. The van der Waals surface area contributed by atoms with Crippen molar-refractivity contribution in [1.29, 1.82) is 0 Å². The molecule has 3 amide bonds. The fourth-order valence-corrected chi connectivity index (χ4v) is 2.83. The maximum absolute atomic E-state index is 12.3. The summed E-state index contributed by atoms with van der Waals surface area (Å²) in [6, 6.07) is 4.17. The van der Waals surface area contributed by atoms with E-state index in [1.54, 1.807) is 31.3 Å². The summed E-state index contributed by atoms with van der Waals surface area (Å²) in [7, 11) is 0. The third-order valence-electron chi connectivity index (χ3n) is 4.38. The third kappa shape index (κ3) is 5.11. The molecule has 1 aromatic rings. The largest absolute Gasteiger partial charge is 0.481 e. The lowest BCUT2D eigenvalue weighted by atomic mass is 9.90. The number of alkyl halides is 3. The number of amides is 3. The zero-order valence-electron chi connectivity index (χ0n) is 14.8. The molecule has 1 aromatic carbocycles. The molecule has 1 aliphatic heterocycles. The fourth-order valence-electron chi connectivity index (χ4n) is 2.83. The van der Waals surface area contributed by atoms with Crippen LogP contribution in [0.1, 0.15) is 24.5 Å². The monoisotopic (exact) mass is 387 g/mol. The number of carboxylic acids is 1. The van der Waals surface area contributed by atoms with Crippen molar-refractivity contribution in [2.75, 3.05) is 18.4 Å². The molecular weight excluding hydrogens is 367 g/mol. The lowest BCUT2D eigenvalue weighted by Crippen LogP contribution is -2.37. The van der Waals surface area contributed by atoms with Crippen LogP contribution in [0.25, 0.3) is 0 Å². The first-order valence-corrected chi connectivity index (χ1v) is 8.16. The highest BCUT2D eigenvalue weighted by Crippen LogP contribution is 2.30. The summed E-state index contributed by atoms with van der Waals surface area (Å²) < 4.78 is 36.8. The van der Waals surface area contributed by atoms with E-state index >= 15 is 0 Å². The van der Waals surface area contributed by atoms with E-state index in [0.717, 1.165) is 0 Å². The zero-order chi connectivity index (χ0) is 20.4. The highest BCUT2D eigenvalue weighted by atomic mass is 19.4. The van der Waals surface area contributed by atoms with Crippen LogP contribution in [0.2, 0.25) is 0 Å². The van der Waals surface area contributed by atoms with Gasteiger partial charge in [0, 0.05) is 25.3 Å². The minimum atomic E-state index is -4.96. The maximum atomic E-state index is 12.3. The molecule has 1 fully saturated rings. The fraction of sp³-hybridized carbons (Fsp3) is 0.471. The number of anilines is 1. The molecule has 0 bridgehead atoms. The summed E-state index contributed by atoms with van der Waals surface area (Å²) in [5.74, 6) is -3.02. The number of benzene rings is 1. The number of urea groups is 1. The smallest absolute Gasteiger partial charge is 0.471 e. The van der Waals surface area contributed by atoms with Crippen LogP contribution in [0, 0.1) is 12.3 Å². The van der Waals surface area contributed by atoms with Gasteiger partial charge in [0.05, 0.1) is 5.41 Å². The number of nitrogens with zero attached hydrogens (tertiary/aromatic N) is 1. The highest BCUT2D eigenvalue weighted by Gasteiger charge is 2.42. The van der Waals surface area contributed by atoms with E-state index in [9.17, 15) is 32.7 Å². The van der Waals surface area contributed by atoms with Gasteiger partial charge in [-0.15, -0.1) is 0 Å². The van der Waals surface area contributed by atoms with Gasteiger partial charge in [0.2, 0.25) is 0 Å². The quantitative estimate of drug-likeness (QED) is 0.739. The van der Waals surface area contributed by atoms with E-state index in [1.807, 2.05) is 0 Å². The standard InChI is InChI=1S/C17H20F3N3O4/c1-10-5-11(8-21-13(24)17(18,19)20)7-12(6-10)22-15(27)23-4-3-16(2,9-23)14(25)26/h5-7H,3-4,8-9H2,1-2H3,(H,21,24)(H,22,27)(H,25,26). The molecule has 148 valence electrons. The van der Waals surface area contributed by atoms with Gasteiger partial charge in [0.1, 0.15) is 0 Å². The molecule has 1 aliphatic rings. The molecule has 0 aromatic heterocycles. The number of aryl methyl sites for hydroxylation is 1. The normalized spacial score (nSPS) is 19.7. The van der Waals surface area contributed by atoms with E-state index in [4.69, 9.17) is 0 Å². The summed E-state index contributed by atoms with van der Waals surface area (Å²) in [4.78, 5) is 35.9. The van der Waals surface area contributed by atoms with Crippen LogP contribution in [0.15, 0.2) is 18.2 Å². The van der Waals surface area contributed by atoms with E-state index in [-0.39, 0.29) is 19.6 Å². The van der Waals surface area contributed by atoms with Gasteiger partial charge in [-0.2, -0.15) is 13.2 Å². The molecule has 10 heteroatoms. The van der Waals surface area contributed by atoms with Crippen molar-refractivity contribution < 1.29 is 32.7 Å². The zero-order valence-corrected chi connectivity index (χ0v) is 14.8. The molecule has 2 rings (SSSR count). The predicted molar refractivity (Wildman–Crippen MR) is 90.0 cm³/mol. The Morgan fingerprint density at radius 1 is 1.26 bits per heavy atom. The van der Waals surface area contributed by atoms with Crippen LogP contribution in [-0.2, 0) is 16.1 Å². The van der Waals surface area contributed by atoms with Gasteiger partial charge in [-0.05, 0) is 43.5 Å². The van der Waals surface area contributed by atoms with Gasteiger partial charge in [-0.3, -0.25) is 9.59 Å². The van der Waals surface area contributed by atoms with Crippen molar-refractivity contribution in [2.45, 2.75) is 33.0 Å². The number of carbonyl (C=O) groups excluding carboxylic acids is 2. The minimum absolute atomic E-state index is 0.0640. The van der Waals surface area contributed by atoms with Gasteiger partial charge in [-0.25, -0.2) is 4.79 Å². The number of hydrogen-bond acceptors (Lipinski definition) is 3. The van der Waals surface area contributed by atoms with Crippen LogP contribution in [0.4, 0.5) is 23.7 Å². The Kier molecular flexibility index (Phi) is 5.67. The molecule has 1 saturated heterocycles. The van der Waals surface area contributed by atoms with Crippen LogP contribution >= 0.6 is 0 Å². The van der Waals surface area contributed by atoms with E-state index in [2.05, 4.69) is 5.32 Å². The Morgan fingerprint density at radius 2 is 1.93 bits per heavy atom. The van der Waals surface area contributed by atoms with Gasteiger partial charge < -0.3 is 20.6 Å². The number of hydrogen-bond donors (Lipinski definition) is 3. The average molecular weight is 387 g/mol. The summed E-state index contributed by atoms with van der Waals surface area (Å²) in [6.45, 7) is 3.27. The molecule has 27 heavy (non-hydrogen) atoms. The van der Waals surface area contributed by atoms with Crippen LogP contribution in [0.5, 0.6) is 0 Å². The molecule has 1 unspecified atom stereocenters. The topological polar surface area (TPSA) is 98.7 Å². The second-order valence-corrected chi connectivity index (χ2v) is 6.86. The Labute approximate surface area is 153 Å². The SMILES string of the molecule is Cc1cc(CNC(=O)C(F)(F)F)cc(NC(=O)N2CCC(C)(C(=O)O)C2)c1. The van der Waals surface area contributed by atoms with E-state index < -0.39 is 29.5 Å². The summed E-state index contributed by atoms with van der Waals surface area (Å²) in [5.41, 5.74) is 0.414. The third-order valence-corrected chi connectivity index (χ3v) is 4.38. The highest BCUT2D eigenvalue weighted by molar-refractivity contribution is 5.90. The van der Waals surface area contributed by atoms with Gasteiger partial charge in [-0.1, -0.05) is 6.07 Å². The van der Waals surface area contributed by atoms with Crippen LogP contribution < -0.4 is 10.6 Å². The van der Waals surface area contributed by atoms with E-state index in [1.165, 1.54) is 11.0 Å². The van der Waals surface area contributed by atoms with Crippen LogP contribution in [0.3, 0.4) is 0 Å². The van der Waals surface area contributed by atoms with Crippen LogP contribution in [-0.4, -0.2) is 47.2 Å². The van der Waals surface area contributed by atoms with Gasteiger partial charge >= 0.3 is 24.1 Å². The maximum Gasteiger partial charge on any atom is 0.471 e. The second-order valence-electron chi connectivity index (χ2n) is 6.86. The van der Waals surface area contributed by atoms with Gasteiger partial charge in [0.15, 0.2) is 0 Å². The number of nitrogens with one attached hydrogen (secondary N) is 2. The molecule has 1 heterocycles. The molecule has 0 aliphatic carbocycles. The minimum Gasteiger partial charge on any atom is -0.481 e. The number of aliphatic carboxylic acids is 1. The Balaban J connectivity index is 2.03. The number of likely N-dealkylation sites (tertiary alicyclic amines) is 1. The number of halogens is 3. The summed E-state index contributed by atoms with van der Waals surface area (Å²) in [5, 5.41) is 13.6. The average Bonchev–Trinajstić information content (AvgIpc) is 2.95. The molecule has 0 saturated carbocycles. The van der Waals surface area contributed by atoms with Crippen molar-refractivity contribution >= 4 is 23.6 Å². The Morgan fingerprint density at radius 3 is 2.48 bits per heavy atom. The summed E-state index contributed by atoms with van der Waals surface area (Å²) >= 11 is 0. The number of carboxylic acid groups (broad SMARTS) is 1. The van der Waals surface area contributed by atoms with Crippen molar-refractivity contribution in [3.8, 4) is 0 Å². The Bertz CT molecular complexity index is 766. The second kappa shape index (κ2) is 7.45. The van der Waals surface area contributed by atoms with Crippen molar-refractivity contribution in [3.63, 3.8) is 0 Å². The molecule has 1 atom stereocenters. The lowest BCUT2D eigenvalue weighted by molar-refractivity contribution is -0.173. The molecule has 7 nitrogen and oxygen atoms in total. The first kappa shape index (κ1) is 20.5.